The molecule has 3 rings (SSSR count). The van der Waals surface area contributed by atoms with Gasteiger partial charge >= 0.3 is 0 Å². The van der Waals surface area contributed by atoms with Crippen LogP contribution >= 0.6 is 12.4 Å². The Balaban J connectivity index is 0.00000300. The van der Waals surface area contributed by atoms with Crippen LogP contribution in [0, 0.1) is 12.7 Å². The van der Waals surface area contributed by atoms with Gasteiger partial charge in [-0.2, -0.15) is 0 Å². The maximum Gasteiger partial charge on any atom is 0.242 e. The third-order valence-electron chi connectivity index (χ3n) is 5.00. The monoisotopic (exact) mass is 419 g/mol. The van der Waals surface area contributed by atoms with Crippen molar-refractivity contribution in [3.8, 4) is 0 Å². The Bertz CT molecular complexity index is 829. The first-order valence-electron chi connectivity index (χ1n) is 9.61. The van der Waals surface area contributed by atoms with Crippen LogP contribution in [0.1, 0.15) is 29.2 Å². The Hall–Kier alpha value is -2.44. The number of carbonyl (C=O) groups is 2. The molecule has 156 valence electrons. The summed E-state index contributed by atoms with van der Waals surface area (Å²) in [5.74, 6) is -0.620. The number of aryl methyl sites for hydroxylation is 2. The molecule has 1 aliphatic heterocycles. The van der Waals surface area contributed by atoms with Crippen LogP contribution in [0.5, 0.6) is 0 Å². The fourth-order valence-corrected chi connectivity index (χ4v) is 3.39. The minimum atomic E-state index is -0.320. The number of hydrogen-bond acceptors (Lipinski definition) is 3. The van der Waals surface area contributed by atoms with Gasteiger partial charge in [-0.3, -0.25) is 9.59 Å². The number of hydrogen-bond donors (Lipinski definition) is 2. The van der Waals surface area contributed by atoms with Crippen LogP contribution in [0.2, 0.25) is 0 Å². The highest BCUT2D eigenvalue weighted by atomic mass is 35.5. The average molecular weight is 420 g/mol. The molecule has 1 saturated heterocycles. The third-order valence-corrected chi connectivity index (χ3v) is 5.00. The zero-order chi connectivity index (χ0) is 19.9. The van der Waals surface area contributed by atoms with Crippen molar-refractivity contribution in [1.82, 2.24) is 15.5 Å². The molecule has 5 nitrogen and oxygen atoms in total. The third kappa shape index (κ3) is 6.54. The lowest BCUT2D eigenvalue weighted by molar-refractivity contribution is -0.135. The molecule has 1 heterocycles. The SMILES string of the molecule is Cc1ccc(CCC(=O)NCC(=O)N2CCNCC2c2cccc(F)c2)cc1.Cl. The van der Waals surface area contributed by atoms with Crippen LogP contribution in [0.15, 0.2) is 48.5 Å². The van der Waals surface area contributed by atoms with Crippen molar-refractivity contribution in [3.05, 3.63) is 71.0 Å². The zero-order valence-corrected chi connectivity index (χ0v) is 17.3. The van der Waals surface area contributed by atoms with E-state index in [1.54, 1.807) is 11.0 Å². The lowest BCUT2D eigenvalue weighted by Gasteiger charge is -2.36. The number of piperazine rings is 1. The Morgan fingerprint density at radius 2 is 1.97 bits per heavy atom. The number of rotatable bonds is 6. The van der Waals surface area contributed by atoms with E-state index in [0.29, 0.717) is 32.5 Å². The normalized spacial score (nSPS) is 16.1. The fraction of sp³-hybridized carbons (Fsp3) is 0.364. The van der Waals surface area contributed by atoms with E-state index in [0.717, 1.165) is 11.1 Å². The van der Waals surface area contributed by atoms with E-state index in [1.165, 1.54) is 17.7 Å². The van der Waals surface area contributed by atoms with Crippen LogP contribution in [-0.4, -0.2) is 42.9 Å². The molecule has 0 spiro atoms. The first kappa shape index (κ1) is 22.8. The largest absolute Gasteiger partial charge is 0.347 e. The molecule has 2 N–H and O–H groups in total. The number of nitrogens with one attached hydrogen (secondary N) is 2. The van der Waals surface area contributed by atoms with Crippen LogP contribution in [-0.2, 0) is 16.0 Å². The molecule has 29 heavy (non-hydrogen) atoms. The highest BCUT2D eigenvalue weighted by molar-refractivity contribution is 5.85. The van der Waals surface area contributed by atoms with Gasteiger partial charge in [-0.15, -0.1) is 12.4 Å². The molecule has 0 radical (unpaired) electrons. The van der Waals surface area contributed by atoms with Crippen LogP contribution in [0.4, 0.5) is 4.39 Å². The number of amides is 2. The van der Waals surface area contributed by atoms with E-state index in [-0.39, 0.29) is 42.6 Å². The van der Waals surface area contributed by atoms with Gasteiger partial charge in [0.15, 0.2) is 0 Å². The second-order valence-electron chi connectivity index (χ2n) is 7.12. The van der Waals surface area contributed by atoms with Crippen molar-refractivity contribution in [2.45, 2.75) is 25.8 Å². The highest BCUT2D eigenvalue weighted by Gasteiger charge is 2.28. The van der Waals surface area contributed by atoms with Crippen molar-refractivity contribution >= 4 is 24.2 Å². The van der Waals surface area contributed by atoms with Gasteiger partial charge in [0.25, 0.3) is 0 Å². The van der Waals surface area contributed by atoms with Crippen LogP contribution < -0.4 is 10.6 Å². The van der Waals surface area contributed by atoms with E-state index < -0.39 is 0 Å². The summed E-state index contributed by atoms with van der Waals surface area (Å²) in [6, 6.07) is 14.1. The number of benzene rings is 2. The summed E-state index contributed by atoms with van der Waals surface area (Å²) < 4.78 is 13.6. The lowest BCUT2D eigenvalue weighted by atomic mass is 10.0. The van der Waals surface area contributed by atoms with E-state index in [9.17, 15) is 14.0 Å². The fourth-order valence-electron chi connectivity index (χ4n) is 3.39. The van der Waals surface area contributed by atoms with Gasteiger partial charge in [0, 0.05) is 26.1 Å². The van der Waals surface area contributed by atoms with Crippen molar-refractivity contribution in [2.24, 2.45) is 0 Å². The smallest absolute Gasteiger partial charge is 0.242 e. The molecule has 1 atom stereocenters. The highest BCUT2D eigenvalue weighted by Crippen LogP contribution is 2.22. The first-order valence-corrected chi connectivity index (χ1v) is 9.61. The molecule has 2 aromatic rings. The molecule has 2 amide bonds. The van der Waals surface area contributed by atoms with Crippen molar-refractivity contribution in [2.75, 3.05) is 26.2 Å². The van der Waals surface area contributed by atoms with Gasteiger partial charge in [0.05, 0.1) is 12.6 Å². The van der Waals surface area contributed by atoms with Crippen molar-refractivity contribution in [3.63, 3.8) is 0 Å². The molecule has 7 heteroatoms. The quantitative estimate of drug-likeness (QED) is 0.756. The van der Waals surface area contributed by atoms with Gasteiger partial charge in [-0.25, -0.2) is 4.39 Å². The first-order chi connectivity index (χ1) is 13.5. The topological polar surface area (TPSA) is 61.4 Å². The molecule has 1 aliphatic rings. The maximum atomic E-state index is 13.6. The molecule has 0 aliphatic carbocycles. The summed E-state index contributed by atoms with van der Waals surface area (Å²) in [6.45, 7) is 3.75. The summed E-state index contributed by atoms with van der Waals surface area (Å²) >= 11 is 0. The average Bonchev–Trinajstić information content (AvgIpc) is 2.71. The number of carbonyl (C=O) groups excluding carboxylic acids is 2. The van der Waals surface area contributed by atoms with E-state index >= 15 is 0 Å². The van der Waals surface area contributed by atoms with Crippen molar-refractivity contribution < 1.29 is 14.0 Å². The summed E-state index contributed by atoms with van der Waals surface area (Å²) in [5.41, 5.74) is 3.04. The lowest BCUT2D eigenvalue weighted by Crippen LogP contribution is -2.51. The van der Waals surface area contributed by atoms with Crippen LogP contribution in [0.25, 0.3) is 0 Å². The van der Waals surface area contributed by atoms with Crippen LogP contribution in [0.3, 0.4) is 0 Å². The second kappa shape index (κ2) is 10.9. The van der Waals surface area contributed by atoms with E-state index in [2.05, 4.69) is 10.6 Å². The van der Waals surface area contributed by atoms with Gasteiger partial charge in [0.1, 0.15) is 5.82 Å². The maximum absolute atomic E-state index is 13.6. The molecule has 0 saturated carbocycles. The summed E-state index contributed by atoms with van der Waals surface area (Å²) in [5, 5.41) is 5.96. The second-order valence-corrected chi connectivity index (χ2v) is 7.12. The summed E-state index contributed by atoms with van der Waals surface area (Å²) in [7, 11) is 0. The molecule has 2 aromatic carbocycles. The number of halogens is 2. The minimum Gasteiger partial charge on any atom is -0.347 e. The van der Waals surface area contributed by atoms with Gasteiger partial charge in [0.2, 0.25) is 11.8 Å². The summed E-state index contributed by atoms with van der Waals surface area (Å²) in [6.07, 6.45) is 0.977. The Labute approximate surface area is 177 Å². The Morgan fingerprint density at radius 1 is 1.21 bits per heavy atom. The molecule has 0 aromatic heterocycles. The Kier molecular flexibility index (Phi) is 8.61. The molecule has 1 unspecified atom stereocenters. The molecular weight excluding hydrogens is 393 g/mol. The van der Waals surface area contributed by atoms with E-state index in [4.69, 9.17) is 0 Å². The van der Waals surface area contributed by atoms with Gasteiger partial charge in [-0.1, -0.05) is 42.0 Å². The summed E-state index contributed by atoms with van der Waals surface area (Å²) in [4.78, 5) is 26.5. The van der Waals surface area contributed by atoms with Gasteiger partial charge in [-0.05, 0) is 36.6 Å². The van der Waals surface area contributed by atoms with Gasteiger partial charge < -0.3 is 15.5 Å². The van der Waals surface area contributed by atoms with E-state index in [1.807, 2.05) is 37.3 Å². The minimum absolute atomic E-state index is 0. The standard InChI is InChI=1S/C22H26FN3O2.ClH/c1-16-5-7-17(8-6-16)9-10-21(27)25-15-22(28)26-12-11-24-14-20(26)18-3-2-4-19(23)13-18;/h2-8,13,20,24H,9-12,14-15H2,1H3,(H,25,27);1H. The Morgan fingerprint density at radius 3 is 2.69 bits per heavy atom. The molecular formula is C22H27ClFN3O2. The zero-order valence-electron chi connectivity index (χ0n) is 16.5. The predicted octanol–water partition coefficient (Wildman–Crippen LogP) is 2.78. The van der Waals surface area contributed by atoms with Crippen molar-refractivity contribution in [1.29, 1.82) is 0 Å². The number of nitrogens with zero attached hydrogens (tertiary/aromatic N) is 1. The predicted molar refractivity (Wildman–Crippen MR) is 113 cm³/mol. The molecule has 1 fully saturated rings. The molecule has 0 bridgehead atoms.